The quantitative estimate of drug-likeness (QED) is 0.549. The highest BCUT2D eigenvalue weighted by atomic mass is 32.2. The van der Waals surface area contributed by atoms with E-state index in [1.807, 2.05) is 0 Å². The minimum Gasteiger partial charge on any atom is -0.447 e. The van der Waals surface area contributed by atoms with Crippen molar-refractivity contribution in [3.05, 3.63) is 30.0 Å². The number of anilines is 1. The van der Waals surface area contributed by atoms with Crippen molar-refractivity contribution < 1.29 is 17.9 Å². The summed E-state index contributed by atoms with van der Waals surface area (Å²) in [6.07, 6.45) is 0.633. The summed E-state index contributed by atoms with van der Waals surface area (Å²) in [4.78, 5) is 12.2. The number of hydrogen-bond acceptors (Lipinski definition) is 6. The van der Waals surface area contributed by atoms with Gasteiger partial charge in [-0.1, -0.05) is 6.07 Å². The second-order valence-electron chi connectivity index (χ2n) is 6.96. The summed E-state index contributed by atoms with van der Waals surface area (Å²) >= 11 is 4.36. The zero-order valence-corrected chi connectivity index (χ0v) is 17.6. The maximum Gasteiger partial charge on any atom is 0.411 e. The van der Waals surface area contributed by atoms with Crippen LogP contribution in [0.25, 0.3) is 4.91 Å². The molecule has 0 saturated carbocycles. The lowest BCUT2D eigenvalue weighted by atomic mass is 10.1. The van der Waals surface area contributed by atoms with E-state index in [9.17, 15) is 13.2 Å². The Balaban J connectivity index is 3.39. The molecule has 1 rings (SSSR count). The second kappa shape index (κ2) is 8.79. The third kappa shape index (κ3) is 6.89. The molecule has 0 aromatic heterocycles. The van der Waals surface area contributed by atoms with Gasteiger partial charge in [0.05, 0.1) is 11.0 Å². The van der Waals surface area contributed by atoms with Crippen LogP contribution >= 0.6 is 12.6 Å². The summed E-state index contributed by atoms with van der Waals surface area (Å²) in [7, 11) is -2.16. The first kappa shape index (κ1) is 22.3. The minimum atomic E-state index is -3.85. The van der Waals surface area contributed by atoms with Crippen LogP contribution in [0.15, 0.2) is 29.3 Å². The molecule has 7 nitrogen and oxygen atoms in total. The molecule has 1 aromatic rings. The van der Waals surface area contributed by atoms with E-state index in [2.05, 4.69) is 28.0 Å². The molecular weight excluding hydrogens is 374 g/mol. The standard InChI is InChI=1S/C17H27N3O4S2/c1-11(2)24-16(21)19-12-7-8-13(14(25)10-18-6)15(9-12)26(22,23)20-17(3,4)5/h7-11,18,20,25H,1-6H3,(H,19,21)/b14-10-. The second-order valence-corrected chi connectivity index (χ2v) is 9.10. The monoisotopic (exact) mass is 401 g/mol. The highest BCUT2D eigenvalue weighted by Gasteiger charge is 2.26. The summed E-state index contributed by atoms with van der Waals surface area (Å²) in [6, 6.07) is 4.55. The normalized spacial score (nSPS) is 12.8. The van der Waals surface area contributed by atoms with Gasteiger partial charge in [-0.15, -0.1) is 12.6 Å². The highest BCUT2D eigenvalue weighted by molar-refractivity contribution is 7.91. The summed E-state index contributed by atoms with van der Waals surface area (Å²) in [6.45, 7) is 8.69. The minimum absolute atomic E-state index is 0.00581. The van der Waals surface area contributed by atoms with E-state index in [0.717, 1.165) is 0 Å². The van der Waals surface area contributed by atoms with Crippen molar-refractivity contribution in [2.75, 3.05) is 12.4 Å². The van der Waals surface area contributed by atoms with Gasteiger partial charge in [-0.3, -0.25) is 5.32 Å². The van der Waals surface area contributed by atoms with Crippen LogP contribution in [0, 0.1) is 0 Å². The molecule has 3 N–H and O–H groups in total. The van der Waals surface area contributed by atoms with Crippen molar-refractivity contribution in [2.45, 2.75) is 51.2 Å². The number of benzene rings is 1. The maximum atomic E-state index is 12.9. The van der Waals surface area contributed by atoms with E-state index >= 15 is 0 Å². The molecule has 0 unspecified atom stereocenters. The molecule has 0 aliphatic carbocycles. The fraction of sp³-hybridized carbons (Fsp3) is 0.471. The van der Waals surface area contributed by atoms with Crippen molar-refractivity contribution in [1.82, 2.24) is 10.0 Å². The van der Waals surface area contributed by atoms with Crippen molar-refractivity contribution in [2.24, 2.45) is 0 Å². The molecule has 0 fully saturated rings. The summed E-state index contributed by atoms with van der Waals surface area (Å²) < 4.78 is 33.3. The predicted molar refractivity (Wildman–Crippen MR) is 108 cm³/mol. The average Bonchev–Trinajstić information content (AvgIpc) is 2.43. The Bertz CT molecular complexity index is 782. The van der Waals surface area contributed by atoms with Gasteiger partial charge in [0.1, 0.15) is 0 Å². The van der Waals surface area contributed by atoms with Crippen LogP contribution in [0.1, 0.15) is 40.2 Å². The number of ether oxygens (including phenoxy) is 1. The topological polar surface area (TPSA) is 96.5 Å². The molecule has 26 heavy (non-hydrogen) atoms. The van der Waals surface area contributed by atoms with Gasteiger partial charge in [0.15, 0.2) is 0 Å². The molecule has 0 radical (unpaired) electrons. The molecule has 1 aromatic carbocycles. The van der Waals surface area contributed by atoms with Crippen LogP contribution in [-0.4, -0.2) is 33.2 Å². The Labute approximate surface area is 161 Å². The van der Waals surface area contributed by atoms with Crippen LogP contribution in [0.2, 0.25) is 0 Å². The van der Waals surface area contributed by atoms with Gasteiger partial charge in [-0.25, -0.2) is 17.9 Å². The van der Waals surface area contributed by atoms with E-state index in [1.165, 1.54) is 6.07 Å². The first-order valence-electron chi connectivity index (χ1n) is 8.08. The summed E-state index contributed by atoms with van der Waals surface area (Å²) in [5, 5.41) is 5.35. The van der Waals surface area contributed by atoms with Gasteiger partial charge >= 0.3 is 6.09 Å². The molecular formula is C17H27N3O4S2. The van der Waals surface area contributed by atoms with E-state index in [1.54, 1.807) is 60.0 Å². The molecule has 0 aliphatic heterocycles. The lowest BCUT2D eigenvalue weighted by Crippen LogP contribution is -2.40. The van der Waals surface area contributed by atoms with Crippen LogP contribution in [0.3, 0.4) is 0 Å². The van der Waals surface area contributed by atoms with Crippen molar-refractivity contribution in [3.8, 4) is 0 Å². The number of sulfonamides is 1. The number of rotatable bonds is 6. The highest BCUT2D eigenvalue weighted by Crippen LogP contribution is 2.29. The molecule has 1 amide bonds. The van der Waals surface area contributed by atoms with E-state index in [-0.39, 0.29) is 11.0 Å². The zero-order valence-electron chi connectivity index (χ0n) is 15.9. The predicted octanol–water partition coefficient (Wildman–Crippen LogP) is 3.17. The lowest BCUT2D eigenvalue weighted by molar-refractivity contribution is 0.130. The molecule has 0 heterocycles. The van der Waals surface area contributed by atoms with Crippen LogP contribution in [0.4, 0.5) is 10.5 Å². The SMILES string of the molecule is CN/C=C(\S)c1ccc(NC(=O)OC(C)C)cc1S(=O)(=O)NC(C)(C)C. The van der Waals surface area contributed by atoms with E-state index in [4.69, 9.17) is 4.74 Å². The van der Waals surface area contributed by atoms with Crippen LogP contribution < -0.4 is 15.4 Å². The van der Waals surface area contributed by atoms with Crippen molar-refractivity contribution in [3.63, 3.8) is 0 Å². The fourth-order valence-electron chi connectivity index (χ4n) is 2.07. The van der Waals surface area contributed by atoms with Crippen LogP contribution in [0.5, 0.6) is 0 Å². The Morgan fingerprint density at radius 2 is 1.88 bits per heavy atom. The third-order valence-corrected chi connectivity index (χ3v) is 5.03. The largest absolute Gasteiger partial charge is 0.447 e. The van der Waals surface area contributed by atoms with E-state index in [0.29, 0.717) is 16.2 Å². The Kier molecular flexibility index (Phi) is 7.55. The van der Waals surface area contributed by atoms with Gasteiger partial charge < -0.3 is 10.1 Å². The van der Waals surface area contributed by atoms with Crippen LogP contribution in [-0.2, 0) is 14.8 Å². The molecule has 9 heteroatoms. The van der Waals surface area contributed by atoms with Gasteiger partial charge in [0, 0.05) is 34.9 Å². The fourth-order valence-corrected chi connectivity index (χ4v) is 4.13. The van der Waals surface area contributed by atoms with Crippen molar-refractivity contribution >= 4 is 39.3 Å². The molecule has 0 bridgehead atoms. The first-order chi connectivity index (χ1) is 11.9. The molecule has 146 valence electrons. The van der Waals surface area contributed by atoms with Gasteiger partial charge in [-0.2, -0.15) is 0 Å². The molecule has 0 spiro atoms. The van der Waals surface area contributed by atoms with Crippen molar-refractivity contribution in [1.29, 1.82) is 0 Å². The average molecular weight is 402 g/mol. The zero-order chi connectivity index (χ0) is 20.1. The number of hydrogen-bond donors (Lipinski definition) is 4. The Hall–Kier alpha value is -1.71. The number of amides is 1. The Morgan fingerprint density at radius 3 is 2.38 bits per heavy atom. The molecule has 0 atom stereocenters. The third-order valence-electron chi connectivity index (χ3n) is 2.86. The maximum absolute atomic E-state index is 12.9. The first-order valence-corrected chi connectivity index (χ1v) is 10.0. The smallest absolute Gasteiger partial charge is 0.411 e. The molecule has 0 saturated heterocycles. The van der Waals surface area contributed by atoms with Gasteiger partial charge in [0.2, 0.25) is 10.0 Å². The number of thiol groups is 1. The number of carbonyl (C=O) groups excluding carboxylic acids is 1. The number of nitrogens with one attached hydrogen (secondary N) is 3. The summed E-state index contributed by atoms with van der Waals surface area (Å²) in [5.41, 5.74) is 0.0426. The number of carbonyl (C=O) groups is 1. The van der Waals surface area contributed by atoms with Gasteiger partial charge in [0.25, 0.3) is 0 Å². The van der Waals surface area contributed by atoms with Gasteiger partial charge in [-0.05, 0) is 46.8 Å². The summed E-state index contributed by atoms with van der Waals surface area (Å²) in [5.74, 6) is 0. The molecule has 0 aliphatic rings. The lowest BCUT2D eigenvalue weighted by Gasteiger charge is -2.22. The Morgan fingerprint density at radius 1 is 1.27 bits per heavy atom. The van der Waals surface area contributed by atoms with E-state index < -0.39 is 21.7 Å².